The van der Waals surface area contributed by atoms with Crippen molar-refractivity contribution in [2.24, 2.45) is 0 Å². The van der Waals surface area contributed by atoms with Crippen LogP contribution >= 0.6 is 0 Å². The second-order valence-corrected chi connectivity index (χ2v) is 5.50. The number of methoxy groups -OCH3 is 1. The number of hydrogen-bond donors (Lipinski definition) is 1. The van der Waals surface area contributed by atoms with Crippen LogP contribution in [0.15, 0.2) is 24.3 Å². The maximum Gasteiger partial charge on any atom is 0.343 e. The molecule has 3 aromatic rings. The van der Waals surface area contributed by atoms with Crippen LogP contribution in [-0.4, -0.2) is 27.6 Å². The molecular weight excluding hydrogens is 292 g/mol. The summed E-state index contributed by atoms with van der Waals surface area (Å²) in [6, 6.07) is 7.58. The Balaban J connectivity index is 2.25. The first kappa shape index (κ1) is 15.3. The Bertz CT molecular complexity index is 870. The lowest BCUT2D eigenvalue weighted by molar-refractivity contribution is 0.0604. The van der Waals surface area contributed by atoms with Crippen LogP contribution in [0.2, 0.25) is 0 Å². The number of nitrogens with two attached hydrogens (primary N) is 1. The topological polar surface area (TPSA) is 83.0 Å². The Morgan fingerprint density at radius 2 is 1.91 bits per heavy atom. The molecule has 0 radical (unpaired) electrons. The normalized spacial score (nSPS) is 11.2. The van der Waals surface area contributed by atoms with Crippen LogP contribution in [0.4, 0.5) is 5.82 Å². The first-order valence-electron chi connectivity index (χ1n) is 7.80. The number of aryl methyl sites for hydroxylation is 1. The fraction of sp³-hybridized carbons (Fsp3) is 0.353. The highest BCUT2D eigenvalue weighted by atomic mass is 16.5. The molecule has 2 N–H and O–H groups in total. The molecule has 2 aromatic heterocycles. The summed E-state index contributed by atoms with van der Waals surface area (Å²) < 4.78 is 6.75. The largest absolute Gasteiger partial charge is 0.465 e. The number of carbonyl (C=O) groups excluding carboxylic acids is 1. The highest BCUT2D eigenvalue weighted by Gasteiger charge is 2.24. The van der Waals surface area contributed by atoms with Gasteiger partial charge in [-0.05, 0) is 18.6 Å². The van der Waals surface area contributed by atoms with Crippen LogP contribution < -0.4 is 5.73 Å². The number of anilines is 1. The van der Waals surface area contributed by atoms with Gasteiger partial charge in [0.25, 0.3) is 0 Å². The molecule has 2 heterocycles. The number of para-hydroxylation sites is 2. The summed E-state index contributed by atoms with van der Waals surface area (Å²) in [4.78, 5) is 21.4. The number of aromatic nitrogens is 3. The third-order valence-corrected chi connectivity index (χ3v) is 3.97. The Hall–Kier alpha value is -2.63. The average molecular weight is 312 g/mol. The zero-order chi connectivity index (χ0) is 16.4. The average Bonchev–Trinajstić information content (AvgIpc) is 2.84. The van der Waals surface area contributed by atoms with Gasteiger partial charge in [-0.2, -0.15) is 0 Å². The minimum atomic E-state index is -0.480. The quantitative estimate of drug-likeness (QED) is 0.578. The van der Waals surface area contributed by atoms with Gasteiger partial charge < -0.3 is 15.0 Å². The van der Waals surface area contributed by atoms with Crippen molar-refractivity contribution in [3.63, 3.8) is 0 Å². The van der Waals surface area contributed by atoms with Crippen molar-refractivity contribution in [3.8, 4) is 0 Å². The highest BCUT2D eigenvalue weighted by molar-refractivity contribution is 6.08. The fourth-order valence-corrected chi connectivity index (χ4v) is 2.77. The standard InChI is InChI=1S/C17H20N4O2/c1-3-4-7-10-21-15(18)13(17(22)23-2)14-16(21)20-12-9-6-5-8-11(12)19-14/h5-6,8-9H,3-4,7,10,18H2,1-2H3. The lowest BCUT2D eigenvalue weighted by Gasteiger charge is -2.07. The van der Waals surface area contributed by atoms with Crippen LogP contribution in [0, 0.1) is 0 Å². The van der Waals surface area contributed by atoms with Crippen LogP contribution in [0.1, 0.15) is 36.5 Å². The van der Waals surface area contributed by atoms with Crippen molar-refractivity contribution in [1.29, 1.82) is 0 Å². The zero-order valence-corrected chi connectivity index (χ0v) is 13.4. The molecule has 6 heteroatoms. The SMILES string of the molecule is CCCCCn1c(N)c(C(=O)OC)c2nc3ccccc3nc21. The van der Waals surface area contributed by atoms with Gasteiger partial charge in [0.1, 0.15) is 16.9 Å². The lowest BCUT2D eigenvalue weighted by Crippen LogP contribution is -2.08. The van der Waals surface area contributed by atoms with E-state index in [1.807, 2.05) is 28.8 Å². The molecule has 0 aliphatic carbocycles. The van der Waals surface area contributed by atoms with Gasteiger partial charge in [-0.25, -0.2) is 14.8 Å². The Morgan fingerprint density at radius 3 is 2.57 bits per heavy atom. The minimum Gasteiger partial charge on any atom is -0.465 e. The van der Waals surface area contributed by atoms with Crippen LogP contribution in [-0.2, 0) is 11.3 Å². The molecule has 3 rings (SSSR count). The number of carbonyl (C=O) groups is 1. The summed E-state index contributed by atoms with van der Waals surface area (Å²) in [5.41, 5.74) is 9.18. The van der Waals surface area contributed by atoms with Crippen molar-refractivity contribution >= 4 is 34.0 Å². The number of unbranched alkanes of at least 4 members (excludes halogenated alkanes) is 2. The molecule has 0 amide bonds. The highest BCUT2D eigenvalue weighted by Crippen LogP contribution is 2.28. The van der Waals surface area contributed by atoms with Gasteiger partial charge >= 0.3 is 5.97 Å². The van der Waals surface area contributed by atoms with Crippen molar-refractivity contribution in [2.75, 3.05) is 12.8 Å². The number of nitrogens with zero attached hydrogens (tertiary/aromatic N) is 3. The Labute approximate surface area is 134 Å². The molecule has 23 heavy (non-hydrogen) atoms. The number of fused-ring (bicyclic) bond motifs is 2. The van der Waals surface area contributed by atoms with E-state index >= 15 is 0 Å². The first-order chi connectivity index (χ1) is 11.2. The lowest BCUT2D eigenvalue weighted by atomic mass is 10.2. The second-order valence-electron chi connectivity index (χ2n) is 5.50. The molecule has 0 saturated carbocycles. The molecule has 0 bridgehead atoms. The van der Waals surface area contributed by atoms with E-state index in [4.69, 9.17) is 10.5 Å². The summed E-state index contributed by atoms with van der Waals surface area (Å²) in [6.07, 6.45) is 3.17. The predicted octanol–water partition coefficient (Wildman–Crippen LogP) is 3.14. The summed E-state index contributed by atoms with van der Waals surface area (Å²) in [7, 11) is 1.34. The van der Waals surface area contributed by atoms with E-state index in [1.54, 1.807) is 0 Å². The third-order valence-electron chi connectivity index (χ3n) is 3.97. The molecule has 0 aliphatic heterocycles. The van der Waals surface area contributed by atoms with Gasteiger partial charge in [0, 0.05) is 6.54 Å². The van der Waals surface area contributed by atoms with E-state index in [9.17, 15) is 4.79 Å². The molecule has 0 saturated heterocycles. The molecule has 120 valence electrons. The first-order valence-corrected chi connectivity index (χ1v) is 7.80. The maximum absolute atomic E-state index is 12.1. The minimum absolute atomic E-state index is 0.303. The van der Waals surface area contributed by atoms with Crippen molar-refractivity contribution in [1.82, 2.24) is 14.5 Å². The number of nitrogen functional groups attached to an aromatic ring is 1. The van der Waals surface area contributed by atoms with Crippen molar-refractivity contribution < 1.29 is 9.53 Å². The second kappa shape index (κ2) is 6.24. The van der Waals surface area contributed by atoms with E-state index in [2.05, 4.69) is 16.9 Å². The molecule has 6 nitrogen and oxygen atoms in total. The monoisotopic (exact) mass is 312 g/mol. The van der Waals surface area contributed by atoms with E-state index in [1.165, 1.54) is 7.11 Å². The zero-order valence-electron chi connectivity index (χ0n) is 13.4. The van der Waals surface area contributed by atoms with Crippen molar-refractivity contribution in [3.05, 3.63) is 29.8 Å². The smallest absolute Gasteiger partial charge is 0.343 e. The van der Waals surface area contributed by atoms with Crippen LogP contribution in [0.3, 0.4) is 0 Å². The fourth-order valence-electron chi connectivity index (χ4n) is 2.77. The number of ether oxygens (including phenoxy) is 1. The molecule has 0 aliphatic rings. The summed E-state index contributed by atoms with van der Waals surface area (Å²) in [5.74, 6) is -0.107. The van der Waals surface area contributed by atoms with Gasteiger partial charge in [0.15, 0.2) is 5.65 Å². The summed E-state index contributed by atoms with van der Waals surface area (Å²) in [6.45, 7) is 2.85. The van der Waals surface area contributed by atoms with Crippen LogP contribution in [0.25, 0.3) is 22.2 Å². The molecule has 0 atom stereocenters. The van der Waals surface area contributed by atoms with Gasteiger partial charge in [0.2, 0.25) is 0 Å². The van der Waals surface area contributed by atoms with Crippen LogP contribution in [0.5, 0.6) is 0 Å². The number of hydrogen-bond acceptors (Lipinski definition) is 5. The van der Waals surface area contributed by atoms with E-state index in [-0.39, 0.29) is 0 Å². The summed E-state index contributed by atoms with van der Waals surface area (Å²) >= 11 is 0. The van der Waals surface area contributed by atoms with E-state index in [0.29, 0.717) is 29.1 Å². The molecule has 0 fully saturated rings. The number of benzene rings is 1. The van der Waals surface area contributed by atoms with Gasteiger partial charge in [-0.3, -0.25) is 0 Å². The Morgan fingerprint density at radius 1 is 1.22 bits per heavy atom. The molecule has 0 unspecified atom stereocenters. The number of esters is 1. The molecular formula is C17H20N4O2. The Kier molecular flexibility index (Phi) is 4.14. The van der Waals surface area contributed by atoms with E-state index < -0.39 is 5.97 Å². The van der Waals surface area contributed by atoms with Gasteiger partial charge in [-0.1, -0.05) is 31.9 Å². The van der Waals surface area contributed by atoms with Gasteiger partial charge in [0.05, 0.1) is 18.1 Å². The van der Waals surface area contributed by atoms with E-state index in [0.717, 1.165) is 30.3 Å². The predicted molar refractivity (Wildman–Crippen MR) is 90.3 cm³/mol. The van der Waals surface area contributed by atoms with Crippen molar-refractivity contribution in [2.45, 2.75) is 32.7 Å². The molecule has 0 spiro atoms. The number of rotatable bonds is 5. The maximum atomic E-state index is 12.1. The van der Waals surface area contributed by atoms with Gasteiger partial charge in [-0.15, -0.1) is 0 Å². The third kappa shape index (κ3) is 2.60. The summed E-state index contributed by atoms with van der Waals surface area (Å²) in [5, 5.41) is 0. The molecule has 1 aromatic carbocycles.